The number of rotatable bonds is 3. The Bertz CT molecular complexity index is 746. The fourth-order valence-corrected chi connectivity index (χ4v) is 3.18. The SMILES string of the molecule is CN1CCC[C@@H](NC(=O)C(=O)Nc2ccccc2-c2ccccc2)C1. The summed E-state index contributed by atoms with van der Waals surface area (Å²) in [4.78, 5) is 26.7. The van der Waals surface area contributed by atoms with Gasteiger partial charge in [0.05, 0.1) is 0 Å². The summed E-state index contributed by atoms with van der Waals surface area (Å²) in [5.74, 6) is -1.21. The molecule has 2 aromatic rings. The monoisotopic (exact) mass is 337 g/mol. The summed E-state index contributed by atoms with van der Waals surface area (Å²) in [6, 6.07) is 17.3. The van der Waals surface area contributed by atoms with Crippen molar-refractivity contribution >= 4 is 17.5 Å². The molecule has 3 rings (SSSR count). The maximum absolute atomic E-state index is 12.3. The van der Waals surface area contributed by atoms with Crippen molar-refractivity contribution in [2.75, 3.05) is 25.5 Å². The summed E-state index contributed by atoms with van der Waals surface area (Å²) in [5.41, 5.74) is 2.52. The number of likely N-dealkylation sites (N-methyl/N-ethyl adjacent to an activating group) is 1. The highest BCUT2D eigenvalue weighted by molar-refractivity contribution is 6.40. The highest BCUT2D eigenvalue weighted by atomic mass is 16.2. The molecular formula is C20H23N3O2. The molecular weight excluding hydrogens is 314 g/mol. The molecule has 2 aromatic carbocycles. The fourth-order valence-electron chi connectivity index (χ4n) is 3.18. The minimum Gasteiger partial charge on any atom is -0.344 e. The lowest BCUT2D eigenvalue weighted by Gasteiger charge is -2.29. The number of hydrogen-bond acceptors (Lipinski definition) is 3. The maximum Gasteiger partial charge on any atom is 0.313 e. The second kappa shape index (κ2) is 7.94. The van der Waals surface area contributed by atoms with Crippen LogP contribution >= 0.6 is 0 Å². The second-order valence-electron chi connectivity index (χ2n) is 6.44. The highest BCUT2D eigenvalue weighted by Gasteiger charge is 2.23. The van der Waals surface area contributed by atoms with Gasteiger partial charge in [0.1, 0.15) is 0 Å². The van der Waals surface area contributed by atoms with Crippen LogP contribution in [0.2, 0.25) is 0 Å². The Morgan fingerprint density at radius 3 is 2.48 bits per heavy atom. The fraction of sp³-hybridized carbons (Fsp3) is 0.300. The topological polar surface area (TPSA) is 61.4 Å². The van der Waals surface area contributed by atoms with E-state index in [1.807, 2.05) is 61.6 Å². The Balaban J connectivity index is 1.68. The van der Waals surface area contributed by atoms with Crippen molar-refractivity contribution in [2.45, 2.75) is 18.9 Å². The van der Waals surface area contributed by atoms with Gasteiger partial charge in [-0.3, -0.25) is 9.59 Å². The first-order valence-corrected chi connectivity index (χ1v) is 8.58. The molecule has 0 spiro atoms. The van der Waals surface area contributed by atoms with Gasteiger partial charge in [-0.15, -0.1) is 0 Å². The van der Waals surface area contributed by atoms with Crippen molar-refractivity contribution in [1.29, 1.82) is 0 Å². The molecule has 1 saturated heterocycles. The Morgan fingerprint density at radius 1 is 1.00 bits per heavy atom. The van der Waals surface area contributed by atoms with Crippen molar-refractivity contribution in [3.05, 3.63) is 54.6 Å². The largest absolute Gasteiger partial charge is 0.344 e. The summed E-state index contributed by atoms with van der Waals surface area (Å²) < 4.78 is 0. The number of likely N-dealkylation sites (tertiary alicyclic amines) is 1. The van der Waals surface area contributed by atoms with Crippen molar-refractivity contribution < 1.29 is 9.59 Å². The van der Waals surface area contributed by atoms with Crippen LogP contribution in [0.15, 0.2) is 54.6 Å². The van der Waals surface area contributed by atoms with E-state index in [0.717, 1.165) is 37.1 Å². The summed E-state index contributed by atoms with van der Waals surface area (Å²) >= 11 is 0. The summed E-state index contributed by atoms with van der Waals surface area (Å²) in [7, 11) is 2.02. The predicted molar refractivity (Wildman–Crippen MR) is 99.2 cm³/mol. The molecule has 1 atom stereocenters. The quantitative estimate of drug-likeness (QED) is 0.846. The van der Waals surface area contributed by atoms with Crippen LogP contribution in [0.5, 0.6) is 0 Å². The van der Waals surface area contributed by atoms with Gasteiger partial charge in [0, 0.05) is 23.8 Å². The molecule has 2 N–H and O–H groups in total. The van der Waals surface area contributed by atoms with E-state index in [0.29, 0.717) is 5.69 Å². The number of benzene rings is 2. The smallest absolute Gasteiger partial charge is 0.313 e. The molecule has 0 saturated carbocycles. The molecule has 0 unspecified atom stereocenters. The van der Waals surface area contributed by atoms with Gasteiger partial charge in [0.2, 0.25) is 0 Å². The van der Waals surface area contributed by atoms with Gasteiger partial charge >= 0.3 is 11.8 Å². The van der Waals surface area contributed by atoms with Crippen LogP contribution in [0.4, 0.5) is 5.69 Å². The molecule has 0 aromatic heterocycles. The third kappa shape index (κ3) is 4.45. The first-order chi connectivity index (χ1) is 12.1. The van der Waals surface area contributed by atoms with Crippen LogP contribution in [0, 0.1) is 0 Å². The number of nitrogens with zero attached hydrogens (tertiary/aromatic N) is 1. The lowest BCUT2D eigenvalue weighted by atomic mass is 10.0. The average molecular weight is 337 g/mol. The number of piperidine rings is 1. The lowest BCUT2D eigenvalue weighted by molar-refractivity contribution is -0.136. The van der Waals surface area contributed by atoms with Gasteiger partial charge in [-0.1, -0.05) is 48.5 Å². The van der Waals surface area contributed by atoms with Crippen LogP contribution in [-0.2, 0) is 9.59 Å². The number of para-hydroxylation sites is 1. The number of amides is 2. The van der Waals surface area contributed by atoms with Crippen LogP contribution in [0.3, 0.4) is 0 Å². The van der Waals surface area contributed by atoms with Crippen molar-refractivity contribution in [3.63, 3.8) is 0 Å². The van der Waals surface area contributed by atoms with E-state index in [4.69, 9.17) is 0 Å². The van der Waals surface area contributed by atoms with E-state index in [1.54, 1.807) is 0 Å². The van der Waals surface area contributed by atoms with E-state index >= 15 is 0 Å². The standard InChI is InChI=1S/C20H23N3O2/c1-23-13-7-10-16(14-23)21-19(24)20(25)22-18-12-6-5-11-17(18)15-8-3-2-4-9-15/h2-6,8-9,11-12,16H,7,10,13-14H2,1H3,(H,21,24)(H,22,25)/t16-/m1/s1. The van der Waals surface area contributed by atoms with Gasteiger partial charge in [0.15, 0.2) is 0 Å². The van der Waals surface area contributed by atoms with Crippen LogP contribution in [0.25, 0.3) is 11.1 Å². The van der Waals surface area contributed by atoms with E-state index in [1.165, 1.54) is 0 Å². The minimum absolute atomic E-state index is 0.0290. The highest BCUT2D eigenvalue weighted by Crippen LogP contribution is 2.27. The van der Waals surface area contributed by atoms with Crippen molar-refractivity contribution in [1.82, 2.24) is 10.2 Å². The lowest BCUT2D eigenvalue weighted by Crippen LogP contribution is -2.49. The Hall–Kier alpha value is -2.66. The zero-order chi connectivity index (χ0) is 17.6. The molecule has 5 nitrogen and oxygen atoms in total. The molecule has 0 bridgehead atoms. The van der Waals surface area contributed by atoms with Crippen molar-refractivity contribution in [3.8, 4) is 11.1 Å². The first-order valence-electron chi connectivity index (χ1n) is 8.58. The number of carbonyl (C=O) groups is 2. The molecule has 2 amide bonds. The second-order valence-corrected chi connectivity index (χ2v) is 6.44. The average Bonchev–Trinajstić information content (AvgIpc) is 2.63. The van der Waals surface area contributed by atoms with Gasteiger partial charge < -0.3 is 15.5 Å². The molecule has 1 heterocycles. The van der Waals surface area contributed by atoms with Crippen LogP contribution in [0.1, 0.15) is 12.8 Å². The van der Waals surface area contributed by atoms with E-state index in [-0.39, 0.29) is 6.04 Å². The van der Waals surface area contributed by atoms with Gasteiger partial charge in [-0.25, -0.2) is 0 Å². The molecule has 25 heavy (non-hydrogen) atoms. The van der Waals surface area contributed by atoms with Crippen molar-refractivity contribution in [2.24, 2.45) is 0 Å². The van der Waals surface area contributed by atoms with E-state index in [9.17, 15) is 9.59 Å². The predicted octanol–water partition coefficient (Wildman–Crippen LogP) is 2.50. The number of anilines is 1. The summed E-state index contributed by atoms with van der Waals surface area (Å²) in [6.45, 7) is 1.81. The number of nitrogens with one attached hydrogen (secondary N) is 2. The number of carbonyl (C=O) groups excluding carboxylic acids is 2. The van der Waals surface area contributed by atoms with E-state index < -0.39 is 11.8 Å². The Labute approximate surface area is 148 Å². The molecule has 0 aliphatic carbocycles. The minimum atomic E-state index is -0.628. The zero-order valence-electron chi connectivity index (χ0n) is 14.4. The third-order valence-corrected chi connectivity index (χ3v) is 4.43. The third-order valence-electron chi connectivity index (χ3n) is 4.43. The van der Waals surface area contributed by atoms with Crippen LogP contribution in [-0.4, -0.2) is 42.9 Å². The molecule has 0 radical (unpaired) electrons. The summed E-state index contributed by atoms with van der Waals surface area (Å²) in [5, 5.41) is 5.58. The first kappa shape index (κ1) is 17.2. The van der Waals surface area contributed by atoms with Gasteiger partial charge in [-0.2, -0.15) is 0 Å². The van der Waals surface area contributed by atoms with Crippen LogP contribution < -0.4 is 10.6 Å². The zero-order valence-corrected chi connectivity index (χ0v) is 14.4. The van der Waals surface area contributed by atoms with E-state index in [2.05, 4.69) is 15.5 Å². The molecule has 130 valence electrons. The molecule has 1 aliphatic heterocycles. The Morgan fingerprint density at radius 2 is 1.72 bits per heavy atom. The molecule has 1 fully saturated rings. The van der Waals surface area contributed by atoms with Gasteiger partial charge in [-0.05, 0) is 38.1 Å². The molecule has 1 aliphatic rings. The van der Waals surface area contributed by atoms with Gasteiger partial charge in [0.25, 0.3) is 0 Å². The summed E-state index contributed by atoms with van der Waals surface area (Å²) in [6.07, 6.45) is 1.93. The normalized spacial score (nSPS) is 17.7. The maximum atomic E-state index is 12.3. The number of hydrogen-bond donors (Lipinski definition) is 2. The molecule has 5 heteroatoms. The Kier molecular flexibility index (Phi) is 5.46.